The Kier molecular flexibility index (Phi) is 3.82. The molecule has 1 aliphatic rings. The lowest BCUT2D eigenvalue weighted by Crippen LogP contribution is -2.13. The van der Waals surface area contributed by atoms with Crippen LogP contribution in [0.25, 0.3) is 0 Å². The highest BCUT2D eigenvalue weighted by Crippen LogP contribution is 2.35. The Balaban J connectivity index is 1.99. The average molecular weight is 236 g/mol. The van der Waals surface area contributed by atoms with E-state index in [4.69, 9.17) is 0 Å². The minimum absolute atomic E-state index is 0.342. The summed E-state index contributed by atoms with van der Waals surface area (Å²) in [5.41, 5.74) is 0.458. The van der Waals surface area contributed by atoms with Crippen molar-refractivity contribution in [1.29, 1.82) is 0 Å². The Morgan fingerprint density at radius 1 is 1.47 bits per heavy atom. The standard InChI is InChI=1S/C13H20N2O2/c1-3-9-4-6-10(7-5-9)12-14-8-11(15-12)13(16)17-2/h8-10H,3-7H2,1-2H3,(H,14,15). The van der Waals surface area contributed by atoms with E-state index >= 15 is 0 Å². The van der Waals surface area contributed by atoms with Crippen molar-refractivity contribution in [3.8, 4) is 0 Å². The first-order valence-electron chi connectivity index (χ1n) is 6.37. The highest BCUT2D eigenvalue weighted by Gasteiger charge is 2.24. The molecule has 0 radical (unpaired) electrons. The molecule has 4 nitrogen and oxygen atoms in total. The maximum Gasteiger partial charge on any atom is 0.356 e. The van der Waals surface area contributed by atoms with Crippen molar-refractivity contribution in [3.63, 3.8) is 0 Å². The molecule has 1 aliphatic carbocycles. The SMILES string of the molecule is CCC1CCC(c2ncc(C(=O)OC)[nH]2)CC1. The van der Waals surface area contributed by atoms with Gasteiger partial charge in [0.15, 0.2) is 0 Å². The summed E-state index contributed by atoms with van der Waals surface area (Å²) in [6, 6.07) is 0. The fourth-order valence-corrected chi connectivity index (χ4v) is 2.60. The van der Waals surface area contributed by atoms with Crippen LogP contribution in [0.15, 0.2) is 6.20 Å². The van der Waals surface area contributed by atoms with Gasteiger partial charge >= 0.3 is 5.97 Å². The van der Waals surface area contributed by atoms with Gasteiger partial charge in [-0.3, -0.25) is 0 Å². The van der Waals surface area contributed by atoms with Crippen molar-refractivity contribution >= 4 is 5.97 Å². The second-order valence-corrected chi connectivity index (χ2v) is 4.80. The summed E-state index contributed by atoms with van der Waals surface area (Å²) >= 11 is 0. The lowest BCUT2D eigenvalue weighted by atomic mass is 9.80. The monoisotopic (exact) mass is 236 g/mol. The summed E-state index contributed by atoms with van der Waals surface area (Å²) in [7, 11) is 1.38. The number of methoxy groups -OCH3 is 1. The first kappa shape index (κ1) is 12.1. The molecule has 1 heterocycles. The predicted octanol–water partition coefficient (Wildman–Crippen LogP) is 2.88. The zero-order chi connectivity index (χ0) is 12.3. The molecule has 0 aliphatic heterocycles. The lowest BCUT2D eigenvalue weighted by molar-refractivity contribution is 0.0594. The highest BCUT2D eigenvalue weighted by molar-refractivity contribution is 5.86. The Hall–Kier alpha value is -1.32. The van der Waals surface area contributed by atoms with E-state index in [1.807, 2.05) is 0 Å². The predicted molar refractivity (Wildman–Crippen MR) is 64.9 cm³/mol. The molecule has 0 spiro atoms. The molecule has 1 fully saturated rings. The number of nitrogens with zero attached hydrogens (tertiary/aromatic N) is 1. The van der Waals surface area contributed by atoms with Gasteiger partial charge in [0.1, 0.15) is 11.5 Å². The van der Waals surface area contributed by atoms with Crippen LogP contribution < -0.4 is 0 Å². The van der Waals surface area contributed by atoms with Gasteiger partial charge in [0.25, 0.3) is 0 Å². The van der Waals surface area contributed by atoms with Gasteiger partial charge in [-0.25, -0.2) is 9.78 Å². The molecular weight excluding hydrogens is 216 g/mol. The maximum atomic E-state index is 11.3. The molecule has 0 unspecified atom stereocenters. The normalized spacial score (nSPS) is 24.6. The van der Waals surface area contributed by atoms with Crippen molar-refractivity contribution < 1.29 is 9.53 Å². The molecule has 1 aromatic heterocycles. The minimum Gasteiger partial charge on any atom is -0.464 e. The summed E-state index contributed by atoms with van der Waals surface area (Å²) in [4.78, 5) is 18.7. The topological polar surface area (TPSA) is 55.0 Å². The van der Waals surface area contributed by atoms with E-state index in [0.717, 1.165) is 11.7 Å². The zero-order valence-corrected chi connectivity index (χ0v) is 10.5. The summed E-state index contributed by atoms with van der Waals surface area (Å²) in [6.45, 7) is 2.26. The van der Waals surface area contributed by atoms with Crippen LogP contribution in [0.1, 0.15) is 61.3 Å². The fraction of sp³-hybridized carbons (Fsp3) is 0.692. The van der Waals surface area contributed by atoms with Crippen LogP contribution in [-0.4, -0.2) is 23.0 Å². The maximum absolute atomic E-state index is 11.3. The number of aromatic amines is 1. The van der Waals surface area contributed by atoms with E-state index in [1.54, 1.807) is 6.20 Å². The van der Waals surface area contributed by atoms with E-state index in [9.17, 15) is 4.79 Å². The van der Waals surface area contributed by atoms with Gasteiger partial charge in [-0.1, -0.05) is 13.3 Å². The molecule has 1 saturated carbocycles. The van der Waals surface area contributed by atoms with Crippen molar-refractivity contribution in [3.05, 3.63) is 17.7 Å². The van der Waals surface area contributed by atoms with E-state index < -0.39 is 0 Å². The van der Waals surface area contributed by atoms with Crippen LogP contribution in [0.3, 0.4) is 0 Å². The zero-order valence-electron chi connectivity index (χ0n) is 10.5. The van der Waals surface area contributed by atoms with Crippen LogP contribution in [0.4, 0.5) is 0 Å². The number of hydrogen-bond acceptors (Lipinski definition) is 3. The van der Waals surface area contributed by atoms with Crippen molar-refractivity contribution in [2.24, 2.45) is 5.92 Å². The summed E-state index contributed by atoms with van der Waals surface area (Å²) in [6.07, 6.45) is 7.75. The molecule has 0 amide bonds. The molecule has 0 aromatic carbocycles. The molecule has 1 N–H and O–H groups in total. The molecule has 17 heavy (non-hydrogen) atoms. The van der Waals surface area contributed by atoms with E-state index in [0.29, 0.717) is 11.6 Å². The Morgan fingerprint density at radius 2 is 2.18 bits per heavy atom. The second kappa shape index (κ2) is 5.34. The number of H-pyrrole nitrogens is 1. The van der Waals surface area contributed by atoms with Gasteiger partial charge in [0, 0.05) is 5.92 Å². The lowest BCUT2D eigenvalue weighted by Gasteiger charge is -2.26. The number of hydrogen-bond donors (Lipinski definition) is 1. The van der Waals surface area contributed by atoms with Crippen molar-refractivity contribution in [2.45, 2.75) is 44.9 Å². The third-order valence-corrected chi connectivity index (χ3v) is 3.81. The Labute approximate surface area is 102 Å². The molecule has 0 atom stereocenters. The van der Waals surface area contributed by atoms with Crippen LogP contribution in [0.5, 0.6) is 0 Å². The summed E-state index contributed by atoms with van der Waals surface area (Å²) in [5.74, 6) is 1.96. The van der Waals surface area contributed by atoms with Gasteiger partial charge in [0.05, 0.1) is 13.3 Å². The largest absolute Gasteiger partial charge is 0.464 e. The molecule has 2 rings (SSSR count). The second-order valence-electron chi connectivity index (χ2n) is 4.80. The van der Waals surface area contributed by atoms with Crippen LogP contribution >= 0.6 is 0 Å². The molecule has 4 heteroatoms. The van der Waals surface area contributed by atoms with Crippen LogP contribution in [0, 0.1) is 5.92 Å². The number of esters is 1. The summed E-state index contributed by atoms with van der Waals surface area (Å²) in [5, 5.41) is 0. The Bertz CT molecular complexity index is 379. The van der Waals surface area contributed by atoms with Gasteiger partial charge in [0.2, 0.25) is 0 Å². The first-order chi connectivity index (χ1) is 8.24. The summed E-state index contributed by atoms with van der Waals surface area (Å²) < 4.78 is 4.66. The molecule has 1 aromatic rings. The molecule has 0 bridgehead atoms. The van der Waals surface area contributed by atoms with E-state index in [-0.39, 0.29) is 5.97 Å². The average Bonchev–Trinajstić information content (AvgIpc) is 2.87. The third kappa shape index (κ3) is 2.68. The highest BCUT2D eigenvalue weighted by atomic mass is 16.5. The van der Waals surface area contributed by atoms with Gasteiger partial charge in [-0.2, -0.15) is 0 Å². The number of imidazole rings is 1. The third-order valence-electron chi connectivity index (χ3n) is 3.81. The van der Waals surface area contributed by atoms with Crippen molar-refractivity contribution in [1.82, 2.24) is 9.97 Å². The molecular formula is C13H20N2O2. The minimum atomic E-state index is -0.342. The van der Waals surface area contributed by atoms with Crippen molar-refractivity contribution in [2.75, 3.05) is 7.11 Å². The van der Waals surface area contributed by atoms with E-state index in [1.165, 1.54) is 39.2 Å². The molecule has 0 saturated heterocycles. The number of rotatable bonds is 3. The van der Waals surface area contributed by atoms with Gasteiger partial charge in [-0.15, -0.1) is 0 Å². The number of carbonyl (C=O) groups excluding carboxylic acids is 1. The molecule has 94 valence electrons. The van der Waals surface area contributed by atoms with Gasteiger partial charge in [-0.05, 0) is 31.6 Å². The van der Waals surface area contributed by atoms with Gasteiger partial charge < -0.3 is 9.72 Å². The van der Waals surface area contributed by atoms with Crippen LogP contribution in [0.2, 0.25) is 0 Å². The van der Waals surface area contributed by atoms with E-state index in [2.05, 4.69) is 21.6 Å². The first-order valence-corrected chi connectivity index (χ1v) is 6.37. The number of aromatic nitrogens is 2. The number of carbonyl (C=O) groups is 1. The van der Waals surface area contributed by atoms with Crippen LogP contribution in [-0.2, 0) is 4.74 Å². The fourth-order valence-electron chi connectivity index (χ4n) is 2.60. The smallest absolute Gasteiger partial charge is 0.356 e. The quantitative estimate of drug-likeness (QED) is 0.821. The number of ether oxygens (including phenoxy) is 1. The Morgan fingerprint density at radius 3 is 2.76 bits per heavy atom. The number of nitrogens with one attached hydrogen (secondary N) is 1.